The predicted molar refractivity (Wildman–Crippen MR) is 74.7 cm³/mol. The topological polar surface area (TPSA) is 37.3 Å². The number of halogens is 3. The molecule has 0 bridgehead atoms. The van der Waals surface area contributed by atoms with Crippen molar-refractivity contribution in [2.24, 2.45) is 11.3 Å². The van der Waals surface area contributed by atoms with Crippen molar-refractivity contribution in [3.8, 4) is 0 Å². The van der Waals surface area contributed by atoms with Crippen LogP contribution < -0.4 is 0 Å². The summed E-state index contributed by atoms with van der Waals surface area (Å²) in [6.07, 6.45) is 6.23. The van der Waals surface area contributed by atoms with Crippen molar-refractivity contribution in [2.45, 2.75) is 63.8 Å². The number of alkyl halides is 3. The van der Waals surface area contributed by atoms with Gasteiger partial charge in [-0.05, 0) is 38.0 Å². The Labute approximate surface area is 122 Å². The summed E-state index contributed by atoms with van der Waals surface area (Å²) in [6, 6.07) is 0. The van der Waals surface area contributed by atoms with E-state index in [1.165, 1.54) is 0 Å². The molecule has 20 heavy (non-hydrogen) atoms. The minimum Gasteiger partial charge on any atom is -0.481 e. The third-order valence-corrected chi connectivity index (χ3v) is 5.06. The zero-order valence-electron chi connectivity index (χ0n) is 11.8. The highest BCUT2D eigenvalue weighted by molar-refractivity contribution is 8.00. The number of carboxylic acid groups (broad SMARTS) is 1. The SMILES string of the molecule is CCCCC1CCC(CCSC(F)(F)F)(C(=O)O)CC1. The van der Waals surface area contributed by atoms with E-state index < -0.39 is 16.9 Å². The maximum Gasteiger partial charge on any atom is 0.441 e. The van der Waals surface area contributed by atoms with Crippen LogP contribution in [0.25, 0.3) is 0 Å². The molecule has 0 atom stereocenters. The van der Waals surface area contributed by atoms with E-state index in [1.807, 2.05) is 0 Å². The molecule has 0 aliphatic heterocycles. The van der Waals surface area contributed by atoms with Crippen LogP contribution in [-0.2, 0) is 4.79 Å². The summed E-state index contributed by atoms with van der Waals surface area (Å²) in [5.74, 6) is -0.526. The second-order valence-electron chi connectivity index (χ2n) is 5.72. The van der Waals surface area contributed by atoms with Crippen LogP contribution in [0.5, 0.6) is 0 Å². The Morgan fingerprint density at radius 2 is 1.95 bits per heavy atom. The van der Waals surface area contributed by atoms with Crippen LogP contribution in [-0.4, -0.2) is 22.3 Å². The van der Waals surface area contributed by atoms with Gasteiger partial charge in [0.2, 0.25) is 0 Å². The molecule has 0 heterocycles. The second-order valence-corrected chi connectivity index (χ2v) is 6.88. The Kier molecular flexibility index (Phi) is 6.69. The maximum atomic E-state index is 12.2. The van der Waals surface area contributed by atoms with Crippen molar-refractivity contribution in [1.29, 1.82) is 0 Å². The molecule has 0 amide bonds. The van der Waals surface area contributed by atoms with Gasteiger partial charge in [-0.25, -0.2) is 0 Å². The molecule has 1 aliphatic carbocycles. The first-order valence-electron chi connectivity index (χ1n) is 7.23. The van der Waals surface area contributed by atoms with Gasteiger partial charge in [-0.1, -0.05) is 37.9 Å². The monoisotopic (exact) mass is 312 g/mol. The van der Waals surface area contributed by atoms with Gasteiger partial charge in [-0.3, -0.25) is 4.79 Å². The molecule has 0 radical (unpaired) electrons. The summed E-state index contributed by atoms with van der Waals surface area (Å²) >= 11 is -0.105. The molecule has 2 nitrogen and oxygen atoms in total. The third kappa shape index (κ3) is 5.54. The van der Waals surface area contributed by atoms with E-state index in [9.17, 15) is 23.1 Å². The van der Waals surface area contributed by atoms with Crippen LogP contribution in [0.15, 0.2) is 0 Å². The Morgan fingerprint density at radius 1 is 1.35 bits per heavy atom. The number of aliphatic carboxylic acids is 1. The van der Waals surface area contributed by atoms with Crippen LogP contribution in [0.1, 0.15) is 58.3 Å². The Morgan fingerprint density at radius 3 is 2.40 bits per heavy atom. The van der Waals surface area contributed by atoms with E-state index in [2.05, 4.69) is 6.92 Å². The molecule has 1 fully saturated rings. The largest absolute Gasteiger partial charge is 0.481 e. The lowest BCUT2D eigenvalue weighted by Crippen LogP contribution is -2.36. The lowest BCUT2D eigenvalue weighted by Gasteiger charge is -2.37. The average Bonchev–Trinajstić information content (AvgIpc) is 2.36. The zero-order chi connectivity index (χ0) is 15.2. The molecule has 6 heteroatoms. The highest BCUT2D eigenvalue weighted by Gasteiger charge is 2.42. The third-order valence-electron chi connectivity index (χ3n) is 4.33. The fraction of sp³-hybridized carbons (Fsp3) is 0.929. The molecular weight excluding hydrogens is 289 g/mol. The summed E-state index contributed by atoms with van der Waals surface area (Å²) in [4.78, 5) is 11.5. The van der Waals surface area contributed by atoms with Crippen molar-refractivity contribution >= 4 is 17.7 Å². The van der Waals surface area contributed by atoms with Gasteiger partial charge in [0.1, 0.15) is 0 Å². The standard InChI is InChI=1S/C14H23F3O2S/c1-2-3-4-11-5-7-13(8-6-11,12(18)19)9-10-20-14(15,16)17/h11H,2-10H2,1H3,(H,18,19). The first kappa shape index (κ1) is 17.7. The minimum absolute atomic E-state index is 0.105. The van der Waals surface area contributed by atoms with E-state index >= 15 is 0 Å². The summed E-state index contributed by atoms with van der Waals surface area (Å²) in [7, 11) is 0. The summed E-state index contributed by atoms with van der Waals surface area (Å²) in [6.45, 7) is 2.12. The Hall–Kier alpha value is -0.390. The lowest BCUT2D eigenvalue weighted by molar-refractivity contribution is -0.152. The molecule has 0 spiro atoms. The Balaban J connectivity index is 2.47. The molecular formula is C14H23F3O2S. The number of hydrogen-bond donors (Lipinski definition) is 1. The molecule has 0 saturated heterocycles. The predicted octanol–water partition coefficient (Wildman–Crippen LogP) is 5.08. The number of carbonyl (C=O) groups is 1. The molecule has 1 aliphatic rings. The number of carboxylic acids is 1. The van der Waals surface area contributed by atoms with Crippen LogP contribution in [0.2, 0.25) is 0 Å². The van der Waals surface area contributed by atoms with E-state index in [0.29, 0.717) is 18.8 Å². The summed E-state index contributed by atoms with van der Waals surface area (Å²) < 4.78 is 36.5. The van der Waals surface area contributed by atoms with Crippen LogP contribution >= 0.6 is 11.8 Å². The summed E-state index contributed by atoms with van der Waals surface area (Å²) in [5.41, 5.74) is -5.20. The molecule has 0 unspecified atom stereocenters. The first-order chi connectivity index (χ1) is 9.29. The molecule has 1 N–H and O–H groups in total. The molecule has 0 aromatic rings. The quantitative estimate of drug-likeness (QED) is 0.712. The number of unbranched alkanes of at least 4 members (excludes halogenated alkanes) is 1. The number of thioether (sulfide) groups is 1. The Bertz CT molecular complexity index is 310. The highest BCUT2D eigenvalue weighted by Crippen LogP contribution is 2.45. The molecule has 0 aromatic carbocycles. The molecule has 0 aromatic heterocycles. The fourth-order valence-electron chi connectivity index (χ4n) is 2.94. The van der Waals surface area contributed by atoms with Gasteiger partial charge < -0.3 is 5.11 Å². The van der Waals surface area contributed by atoms with Gasteiger partial charge >= 0.3 is 11.5 Å². The van der Waals surface area contributed by atoms with Crippen molar-refractivity contribution in [1.82, 2.24) is 0 Å². The highest BCUT2D eigenvalue weighted by atomic mass is 32.2. The summed E-state index contributed by atoms with van der Waals surface area (Å²) in [5, 5.41) is 9.39. The average molecular weight is 312 g/mol. The van der Waals surface area contributed by atoms with Crippen molar-refractivity contribution in [3.05, 3.63) is 0 Å². The van der Waals surface area contributed by atoms with Crippen molar-refractivity contribution in [2.75, 3.05) is 5.75 Å². The smallest absolute Gasteiger partial charge is 0.441 e. The maximum absolute atomic E-state index is 12.2. The van der Waals surface area contributed by atoms with E-state index in [1.54, 1.807) is 0 Å². The van der Waals surface area contributed by atoms with Crippen LogP contribution in [0.4, 0.5) is 13.2 Å². The van der Waals surface area contributed by atoms with Crippen LogP contribution in [0.3, 0.4) is 0 Å². The van der Waals surface area contributed by atoms with Gasteiger partial charge in [0, 0.05) is 5.75 Å². The molecule has 118 valence electrons. The lowest BCUT2D eigenvalue weighted by atomic mass is 9.68. The van der Waals surface area contributed by atoms with Gasteiger partial charge in [0.15, 0.2) is 0 Å². The second kappa shape index (κ2) is 7.57. The normalized spacial score (nSPS) is 27.5. The van der Waals surface area contributed by atoms with Gasteiger partial charge in [-0.15, -0.1) is 0 Å². The van der Waals surface area contributed by atoms with Gasteiger partial charge in [0.25, 0.3) is 0 Å². The van der Waals surface area contributed by atoms with Gasteiger partial charge in [-0.2, -0.15) is 13.2 Å². The van der Waals surface area contributed by atoms with E-state index in [-0.39, 0.29) is 23.9 Å². The molecule has 1 rings (SSSR count). The van der Waals surface area contributed by atoms with E-state index in [4.69, 9.17) is 0 Å². The van der Waals surface area contributed by atoms with Crippen molar-refractivity contribution in [3.63, 3.8) is 0 Å². The fourth-order valence-corrected chi connectivity index (χ4v) is 3.67. The number of hydrogen-bond acceptors (Lipinski definition) is 2. The van der Waals surface area contributed by atoms with Crippen LogP contribution in [0, 0.1) is 11.3 Å². The van der Waals surface area contributed by atoms with Crippen molar-refractivity contribution < 1.29 is 23.1 Å². The van der Waals surface area contributed by atoms with E-state index in [0.717, 1.165) is 32.1 Å². The minimum atomic E-state index is -4.27. The molecule has 1 saturated carbocycles. The number of rotatable bonds is 7. The zero-order valence-corrected chi connectivity index (χ0v) is 12.7. The van der Waals surface area contributed by atoms with Gasteiger partial charge in [0.05, 0.1) is 5.41 Å². The first-order valence-corrected chi connectivity index (χ1v) is 8.22.